The standard InChI is InChI=1S/C8H16N2/c1-4-6-8(10-9)7(3)5-2/h1,7-8,10H,5-6,9H2,2-3H3. The molecule has 10 heavy (non-hydrogen) atoms. The summed E-state index contributed by atoms with van der Waals surface area (Å²) in [7, 11) is 0. The van der Waals surface area contributed by atoms with E-state index in [9.17, 15) is 0 Å². The first-order valence-corrected chi connectivity index (χ1v) is 3.65. The van der Waals surface area contributed by atoms with Crippen molar-refractivity contribution in [1.29, 1.82) is 0 Å². The van der Waals surface area contributed by atoms with Gasteiger partial charge >= 0.3 is 0 Å². The second kappa shape index (κ2) is 5.28. The van der Waals surface area contributed by atoms with E-state index in [-0.39, 0.29) is 6.04 Å². The molecule has 0 aromatic heterocycles. The Bertz CT molecular complexity index is 115. The van der Waals surface area contributed by atoms with Gasteiger partial charge < -0.3 is 0 Å². The largest absolute Gasteiger partial charge is 0.271 e. The maximum Gasteiger partial charge on any atom is 0.0345 e. The van der Waals surface area contributed by atoms with Crippen molar-refractivity contribution in [1.82, 2.24) is 5.43 Å². The smallest absolute Gasteiger partial charge is 0.0345 e. The SMILES string of the molecule is C#CCC(NN)C(C)CC. The minimum atomic E-state index is 0.273. The van der Waals surface area contributed by atoms with E-state index in [0.29, 0.717) is 12.3 Å². The van der Waals surface area contributed by atoms with Crippen LogP contribution < -0.4 is 11.3 Å². The van der Waals surface area contributed by atoms with E-state index < -0.39 is 0 Å². The summed E-state index contributed by atoms with van der Waals surface area (Å²) >= 11 is 0. The molecule has 0 radical (unpaired) electrons. The minimum absolute atomic E-state index is 0.273. The average Bonchev–Trinajstić information content (AvgIpc) is 1.99. The van der Waals surface area contributed by atoms with Crippen molar-refractivity contribution in [3.8, 4) is 12.3 Å². The maximum atomic E-state index is 5.29. The highest BCUT2D eigenvalue weighted by atomic mass is 15.2. The first-order valence-electron chi connectivity index (χ1n) is 3.65. The van der Waals surface area contributed by atoms with Crippen LogP contribution in [0.1, 0.15) is 26.7 Å². The zero-order valence-corrected chi connectivity index (χ0v) is 6.72. The fourth-order valence-corrected chi connectivity index (χ4v) is 0.836. The molecule has 0 aromatic carbocycles. The predicted octanol–water partition coefficient (Wildman–Crippen LogP) is 0.888. The molecule has 0 aliphatic rings. The van der Waals surface area contributed by atoms with Crippen LogP contribution in [-0.2, 0) is 0 Å². The molecule has 0 spiro atoms. The fraction of sp³-hybridized carbons (Fsp3) is 0.750. The Morgan fingerprint density at radius 1 is 1.70 bits per heavy atom. The predicted molar refractivity (Wildman–Crippen MR) is 44.0 cm³/mol. The molecule has 0 aromatic rings. The molecule has 0 amide bonds. The average molecular weight is 140 g/mol. The third-order valence-corrected chi connectivity index (χ3v) is 1.88. The lowest BCUT2D eigenvalue weighted by molar-refractivity contribution is 0.378. The van der Waals surface area contributed by atoms with E-state index in [2.05, 4.69) is 25.2 Å². The van der Waals surface area contributed by atoms with Crippen molar-refractivity contribution in [3.63, 3.8) is 0 Å². The molecule has 58 valence electrons. The summed E-state index contributed by atoms with van der Waals surface area (Å²) < 4.78 is 0. The molecule has 2 nitrogen and oxygen atoms in total. The summed E-state index contributed by atoms with van der Waals surface area (Å²) in [5, 5.41) is 0. The number of hydrogen-bond donors (Lipinski definition) is 2. The first kappa shape index (κ1) is 9.48. The molecular weight excluding hydrogens is 124 g/mol. The van der Waals surface area contributed by atoms with Gasteiger partial charge in [0.1, 0.15) is 0 Å². The lowest BCUT2D eigenvalue weighted by Crippen LogP contribution is -2.39. The van der Waals surface area contributed by atoms with Crippen LogP contribution in [0.25, 0.3) is 0 Å². The molecule has 0 aliphatic heterocycles. The number of hydrazine groups is 1. The van der Waals surface area contributed by atoms with Crippen molar-refractivity contribution in [2.24, 2.45) is 11.8 Å². The zero-order chi connectivity index (χ0) is 7.98. The van der Waals surface area contributed by atoms with Crippen molar-refractivity contribution < 1.29 is 0 Å². The molecule has 0 saturated heterocycles. The molecule has 2 heteroatoms. The van der Waals surface area contributed by atoms with E-state index in [1.165, 1.54) is 0 Å². The van der Waals surface area contributed by atoms with Gasteiger partial charge in [0.2, 0.25) is 0 Å². The van der Waals surface area contributed by atoms with Crippen LogP contribution in [0.2, 0.25) is 0 Å². The van der Waals surface area contributed by atoms with Gasteiger partial charge in [0.25, 0.3) is 0 Å². The molecule has 0 saturated carbocycles. The number of nitrogens with one attached hydrogen (secondary N) is 1. The van der Waals surface area contributed by atoms with Crippen LogP contribution in [0, 0.1) is 18.3 Å². The molecule has 0 aliphatic carbocycles. The zero-order valence-electron chi connectivity index (χ0n) is 6.72. The normalized spacial score (nSPS) is 15.8. The number of terminal acetylenes is 1. The van der Waals surface area contributed by atoms with Crippen LogP contribution in [0.5, 0.6) is 0 Å². The number of rotatable bonds is 4. The molecule has 3 N–H and O–H groups in total. The summed E-state index contributed by atoms with van der Waals surface area (Å²) in [4.78, 5) is 0. The monoisotopic (exact) mass is 140 g/mol. The minimum Gasteiger partial charge on any atom is -0.271 e. The summed E-state index contributed by atoms with van der Waals surface area (Å²) in [5.74, 6) is 8.44. The summed E-state index contributed by atoms with van der Waals surface area (Å²) in [6.45, 7) is 4.27. The highest BCUT2D eigenvalue weighted by Crippen LogP contribution is 2.08. The van der Waals surface area contributed by atoms with Gasteiger partial charge in [-0.25, -0.2) is 0 Å². The van der Waals surface area contributed by atoms with Crippen molar-refractivity contribution >= 4 is 0 Å². The third kappa shape index (κ3) is 2.86. The molecule has 0 bridgehead atoms. The van der Waals surface area contributed by atoms with Gasteiger partial charge in [0.15, 0.2) is 0 Å². The molecule has 0 rings (SSSR count). The highest BCUT2D eigenvalue weighted by Gasteiger charge is 2.11. The number of hydrogen-bond acceptors (Lipinski definition) is 2. The van der Waals surface area contributed by atoms with E-state index in [4.69, 9.17) is 12.3 Å². The Balaban J connectivity index is 3.70. The Morgan fingerprint density at radius 3 is 2.60 bits per heavy atom. The summed E-state index contributed by atoms with van der Waals surface area (Å²) in [5.41, 5.74) is 2.71. The van der Waals surface area contributed by atoms with Gasteiger partial charge in [-0.15, -0.1) is 12.3 Å². The number of nitrogens with two attached hydrogens (primary N) is 1. The topological polar surface area (TPSA) is 38.0 Å². The Hall–Kier alpha value is -0.520. The fourth-order valence-electron chi connectivity index (χ4n) is 0.836. The summed E-state index contributed by atoms with van der Waals surface area (Å²) in [6.07, 6.45) is 6.97. The van der Waals surface area contributed by atoms with Gasteiger partial charge in [0, 0.05) is 12.5 Å². The van der Waals surface area contributed by atoms with Gasteiger partial charge in [0.05, 0.1) is 0 Å². The molecule has 0 heterocycles. The van der Waals surface area contributed by atoms with Crippen LogP contribution in [0.3, 0.4) is 0 Å². The van der Waals surface area contributed by atoms with Gasteiger partial charge in [-0.05, 0) is 5.92 Å². The van der Waals surface area contributed by atoms with E-state index in [1.54, 1.807) is 0 Å². The second-order valence-electron chi connectivity index (χ2n) is 2.57. The van der Waals surface area contributed by atoms with E-state index in [0.717, 1.165) is 6.42 Å². The van der Waals surface area contributed by atoms with Crippen molar-refractivity contribution in [3.05, 3.63) is 0 Å². The van der Waals surface area contributed by atoms with Crippen LogP contribution in [0.15, 0.2) is 0 Å². The maximum absolute atomic E-state index is 5.29. The lowest BCUT2D eigenvalue weighted by atomic mass is 9.97. The quantitative estimate of drug-likeness (QED) is 0.346. The summed E-state index contributed by atoms with van der Waals surface area (Å²) in [6, 6.07) is 0.273. The molecule has 2 atom stereocenters. The van der Waals surface area contributed by atoms with Gasteiger partial charge in [-0.3, -0.25) is 11.3 Å². The van der Waals surface area contributed by atoms with E-state index in [1.807, 2.05) is 0 Å². The second-order valence-corrected chi connectivity index (χ2v) is 2.57. The van der Waals surface area contributed by atoms with Gasteiger partial charge in [-0.2, -0.15) is 0 Å². The van der Waals surface area contributed by atoms with Crippen LogP contribution in [-0.4, -0.2) is 6.04 Å². The Kier molecular flexibility index (Phi) is 5.00. The van der Waals surface area contributed by atoms with E-state index >= 15 is 0 Å². The third-order valence-electron chi connectivity index (χ3n) is 1.88. The first-order chi connectivity index (χ1) is 4.76. The lowest BCUT2D eigenvalue weighted by Gasteiger charge is -2.19. The Morgan fingerprint density at radius 2 is 2.30 bits per heavy atom. The van der Waals surface area contributed by atoms with Crippen LogP contribution >= 0.6 is 0 Å². The van der Waals surface area contributed by atoms with Gasteiger partial charge in [-0.1, -0.05) is 20.3 Å². The van der Waals surface area contributed by atoms with Crippen molar-refractivity contribution in [2.45, 2.75) is 32.7 Å². The molecular formula is C8H16N2. The van der Waals surface area contributed by atoms with Crippen LogP contribution in [0.4, 0.5) is 0 Å². The van der Waals surface area contributed by atoms with Crippen molar-refractivity contribution in [2.75, 3.05) is 0 Å². The molecule has 2 unspecified atom stereocenters. The highest BCUT2D eigenvalue weighted by molar-refractivity contribution is 4.90. The Labute approximate surface area is 63.2 Å². The molecule has 0 fully saturated rings.